The van der Waals surface area contributed by atoms with Crippen molar-refractivity contribution in [3.63, 3.8) is 0 Å². The van der Waals surface area contributed by atoms with E-state index in [2.05, 4.69) is 0 Å². The van der Waals surface area contributed by atoms with Crippen LogP contribution in [0, 0.1) is 10.1 Å². The summed E-state index contributed by atoms with van der Waals surface area (Å²) in [7, 11) is 0. The van der Waals surface area contributed by atoms with E-state index in [0.717, 1.165) is 16.7 Å². The highest BCUT2D eigenvalue weighted by atomic mass is 16.6. The van der Waals surface area contributed by atoms with Crippen LogP contribution in [0.4, 0.5) is 5.69 Å². The van der Waals surface area contributed by atoms with Crippen LogP contribution in [0.1, 0.15) is 19.4 Å². The highest BCUT2D eigenvalue weighted by Crippen LogP contribution is 2.29. The monoisotopic (exact) mass is 256 g/mol. The molecular weight excluding hydrogens is 240 g/mol. The zero-order chi connectivity index (χ0) is 14.0. The standard InChI is InChI=1S/C15H16N2O2/c1-10-7-13(16)8-11(2)14(10)9-12-5-3-4-6-15(12)17(18)19/h3-9,13H,16H2,1-2H3. The molecule has 0 atom stereocenters. The summed E-state index contributed by atoms with van der Waals surface area (Å²) in [5.74, 6) is 0. The van der Waals surface area contributed by atoms with Crippen molar-refractivity contribution < 1.29 is 4.92 Å². The lowest BCUT2D eigenvalue weighted by atomic mass is 9.90. The summed E-state index contributed by atoms with van der Waals surface area (Å²) >= 11 is 0. The quantitative estimate of drug-likeness (QED) is 0.652. The maximum atomic E-state index is 11.0. The number of para-hydroxylation sites is 1. The maximum Gasteiger partial charge on any atom is 0.276 e. The Morgan fingerprint density at radius 3 is 2.37 bits per heavy atom. The molecule has 0 radical (unpaired) electrons. The van der Waals surface area contributed by atoms with Gasteiger partial charge < -0.3 is 5.73 Å². The molecule has 0 aromatic heterocycles. The van der Waals surface area contributed by atoms with Crippen LogP contribution in [0.15, 0.2) is 53.1 Å². The first-order valence-corrected chi connectivity index (χ1v) is 6.07. The second-order valence-corrected chi connectivity index (χ2v) is 4.65. The van der Waals surface area contributed by atoms with Gasteiger partial charge in [0.25, 0.3) is 5.69 Å². The Labute approximate surface area is 112 Å². The zero-order valence-corrected chi connectivity index (χ0v) is 11.0. The smallest absolute Gasteiger partial charge is 0.276 e. The SMILES string of the molecule is CC1=CC(N)C=C(C)C1=Cc1ccccc1[N+](=O)[O-]. The van der Waals surface area contributed by atoms with Gasteiger partial charge in [0.2, 0.25) is 0 Å². The molecule has 2 rings (SSSR count). The fraction of sp³-hybridized carbons (Fsp3) is 0.200. The van der Waals surface area contributed by atoms with Crippen LogP contribution in [-0.4, -0.2) is 11.0 Å². The molecule has 1 aliphatic rings. The van der Waals surface area contributed by atoms with E-state index < -0.39 is 0 Å². The van der Waals surface area contributed by atoms with Gasteiger partial charge >= 0.3 is 0 Å². The zero-order valence-electron chi connectivity index (χ0n) is 11.0. The minimum Gasteiger partial charge on any atom is -0.321 e. The third-order valence-corrected chi connectivity index (χ3v) is 3.17. The lowest BCUT2D eigenvalue weighted by Crippen LogP contribution is -2.18. The van der Waals surface area contributed by atoms with Crippen molar-refractivity contribution in [3.8, 4) is 0 Å². The number of hydrogen-bond donors (Lipinski definition) is 1. The summed E-state index contributed by atoms with van der Waals surface area (Å²) in [5.41, 5.74) is 9.68. The summed E-state index contributed by atoms with van der Waals surface area (Å²) in [6.07, 6.45) is 5.75. The van der Waals surface area contributed by atoms with Gasteiger partial charge in [0.15, 0.2) is 0 Å². The lowest BCUT2D eigenvalue weighted by Gasteiger charge is -2.17. The van der Waals surface area contributed by atoms with Gasteiger partial charge in [-0.1, -0.05) is 24.3 Å². The molecule has 1 aromatic carbocycles. The molecular formula is C15H16N2O2. The average Bonchev–Trinajstić information content (AvgIpc) is 2.34. The Morgan fingerprint density at radius 2 is 1.79 bits per heavy atom. The van der Waals surface area contributed by atoms with Gasteiger partial charge in [-0.3, -0.25) is 10.1 Å². The summed E-state index contributed by atoms with van der Waals surface area (Å²) in [6.45, 7) is 3.94. The molecule has 0 saturated heterocycles. The van der Waals surface area contributed by atoms with Crippen LogP contribution in [0.5, 0.6) is 0 Å². The van der Waals surface area contributed by atoms with Crippen LogP contribution in [0.25, 0.3) is 6.08 Å². The number of nitrogens with two attached hydrogens (primary N) is 1. The Morgan fingerprint density at radius 1 is 1.21 bits per heavy atom. The fourth-order valence-corrected chi connectivity index (χ4v) is 2.28. The molecule has 4 nitrogen and oxygen atoms in total. The molecule has 19 heavy (non-hydrogen) atoms. The summed E-state index contributed by atoms with van der Waals surface area (Å²) in [6, 6.07) is 6.65. The van der Waals surface area contributed by atoms with Gasteiger partial charge in [0, 0.05) is 12.1 Å². The van der Waals surface area contributed by atoms with Gasteiger partial charge in [0.1, 0.15) is 0 Å². The Hall–Kier alpha value is -2.20. The number of nitrogens with zero attached hydrogens (tertiary/aromatic N) is 1. The van der Waals surface area contributed by atoms with Crippen LogP contribution < -0.4 is 5.73 Å². The first-order valence-electron chi connectivity index (χ1n) is 6.07. The largest absolute Gasteiger partial charge is 0.321 e. The molecule has 0 unspecified atom stereocenters. The molecule has 0 fully saturated rings. The molecule has 0 amide bonds. The number of nitro groups is 1. The number of rotatable bonds is 2. The number of allylic oxidation sites excluding steroid dienone is 3. The van der Waals surface area contributed by atoms with Crippen molar-refractivity contribution >= 4 is 11.8 Å². The first-order chi connectivity index (χ1) is 8.99. The molecule has 1 aliphatic carbocycles. The number of nitro benzene ring substituents is 1. The van der Waals surface area contributed by atoms with Crippen molar-refractivity contribution in [1.82, 2.24) is 0 Å². The normalized spacial score (nSPS) is 18.7. The predicted octanol–water partition coefficient (Wildman–Crippen LogP) is 3.21. The van der Waals surface area contributed by atoms with E-state index >= 15 is 0 Å². The molecule has 0 spiro atoms. The topological polar surface area (TPSA) is 69.2 Å². The summed E-state index contributed by atoms with van der Waals surface area (Å²) < 4.78 is 0. The van der Waals surface area contributed by atoms with E-state index in [0.29, 0.717) is 5.56 Å². The molecule has 0 aliphatic heterocycles. The fourth-order valence-electron chi connectivity index (χ4n) is 2.28. The second kappa shape index (κ2) is 5.20. The highest BCUT2D eigenvalue weighted by Gasteiger charge is 2.15. The third kappa shape index (κ3) is 2.80. The van der Waals surface area contributed by atoms with Gasteiger partial charge in [0.05, 0.1) is 10.5 Å². The van der Waals surface area contributed by atoms with E-state index in [1.807, 2.05) is 32.1 Å². The molecule has 98 valence electrons. The predicted molar refractivity (Wildman–Crippen MR) is 76.6 cm³/mol. The van der Waals surface area contributed by atoms with Crippen LogP contribution >= 0.6 is 0 Å². The summed E-state index contributed by atoms with van der Waals surface area (Å²) in [4.78, 5) is 10.6. The van der Waals surface area contributed by atoms with E-state index in [9.17, 15) is 10.1 Å². The molecule has 0 bridgehead atoms. The highest BCUT2D eigenvalue weighted by molar-refractivity contribution is 5.71. The molecule has 1 aromatic rings. The number of hydrogen-bond acceptors (Lipinski definition) is 3. The number of benzene rings is 1. The van der Waals surface area contributed by atoms with Gasteiger partial charge in [-0.15, -0.1) is 0 Å². The van der Waals surface area contributed by atoms with E-state index in [1.54, 1.807) is 18.2 Å². The first kappa shape index (κ1) is 13.2. The molecule has 4 heteroatoms. The third-order valence-electron chi connectivity index (χ3n) is 3.17. The Balaban J connectivity index is 2.50. The minimum atomic E-state index is -0.362. The Kier molecular flexibility index (Phi) is 3.62. The average molecular weight is 256 g/mol. The maximum absolute atomic E-state index is 11.0. The van der Waals surface area contributed by atoms with Crippen molar-refractivity contribution in [3.05, 3.63) is 68.8 Å². The van der Waals surface area contributed by atoms with Gasteiger partial charge in [-0.05, 0) is 42.7 Å². The van der Waals surface area contributed by atoms with Crippen LogP contribution in [-0.2, 0) is 0 Å². The molecule has 0 saturated carbocycles. The minimum absolute atomic E-state index is 0.0806. The van der Waals surface area contributed by atoms with E-state index in [-0.39, 0.29) is 16.7 Å². The van der Waals surface area contributed by atoms with Crippen molar-refractivity contribution in [1.29, 1.82) is 0 Å². The van der Waals surface area contributed by atoms with Gasteiger partial charge in [-0.2, -0.15) is 0 Å². The van der Waals surface area contributed by atoms with Gasteiger partial charge in [-0.25, -0.2) is 0 Å². The lowest BCUT2D eigenvalue weighted by molar-refractivity contribution is -0.385. The van der Waals surface area contributed by atoms with Crippen molar-refractivity contribution in [2.24, 2.45) is 5.73 Å². The summed E-state index contributed by atoms with van der Waals surface area (Å²) in [5, 5.41) is 11.0. The second-order valence-electron chi connectivity index (χ2n) is 4.65. The van der Waals surface area contributed by atoms with Crippen LogP contribution in [0.2, 0.25) is 0 Å². The Bertz CT molecular complexity index is 590. The molecule has 0 heterocycles. The van der Waals surface area contributed by atoms with Crippen LogP contribution in [0.3, 0.4) is 0 Å². The molecule has 2 N–H and O–H groups in total. The van der Waals surface area contributed by atoms with Crippen molar-refractivity contribution in [2.45, 2.75) is 19.9 Å². The van der Waals surface area contributed by atoms with E-state index in [4.69, 9.17) is 5.73 Å². The van der Waals surface area contributed by atoms with E-state index in [1.165, 1.54) is 6.07 Å². The van der Waals surface area contributed by atoms with Crippen molar-refractivity contribution in [2.75, 3.05) is 0 Å².